The normalized spacial score (nSPS) is 16.1. The molecule has 2 aromatic carbocycles. The van der Waals surface area contributed by atoms with Crippen LogP contribution in [0.2, 0.25) is 5.02 Å². The lowest BCUT2D eigenvalue weighted by atomic mass is 10.2. The van der Waals surface area contributed by atoms with E-state index < -0.39 is 10.0 Å². The minimum Gasteiger partial charge on any atom is -0.295 e. The van der Waals surface area contributed by atoms with Crippen molar-refractivity contribution >= 4 is 33.0 Å². The van der Waals surface area contributed by atoms with E-state index in [-0.39, 0.29) is 0 Å². The molecule has 1 aliphatic heterocycles. The van der Waals surface area contributed by atoms with Gasteiger partial charge in [-0.2, -0.15) is 4.31 Å². The molecule has 3 aromatic rings. The van der Waals surface area contributed by atoms with Crippen LogP contribution in [-0.4, -0.2) is 48.8 Å². The predicted octanol–water partition coefficient (Wildman–Crippen LogP) is 4.59. The van der Waals surface area contributed by atoms with E-state index in [0.717, 1.165) is 33.9 Å². The Balaban J connectivity index is 1.39. The number of piperazine rings is 1. The Kier molecular flexibility index (Phi) is 6.27. The second-order valence-corrected chi connectivity index (χ2v) is 10.8. The smallest absolute Gasteiger partial charge is 0.243 e. The van der Waals surface area contributed by atoms with Gasteiger partial charge in [-0.1, -0.05) is 35.9 Å². The number of aryl methyl sites for hydroxylation is 2. The zero-order valence-corrected chi connectivity index (χ0v) is 19.4. The van der Waals surface area contributed by atoms with E-state index in [9.17, 15) is 8.42 Å². The Morgan fingerprint density at radius 1 is 1.03 bits per heavy atom. The Bertz CT molecular complexity index is 1140. The molecule has 0 aliphatic carbocycles. The summed E-state index contributed by atoms with van der Waals surface area (Å²) < 4.78 is 27.8. The fourth-order valence-corrected chi connectivity index (χ4v) is 6.26. The fraction of sp³-hybridized carbons (Fsp3) is 0.318. The van der Waals surface area contributed by atoms with Gasteiger partial charge in [-0.15, -0.1) is 11.3 Å². The van der Waals surface area contributed by atoms with Crippen LogP contribution in [-0.2, 0) is 16.6 Å². The third-order valence-electron chi connectivity index (χ3n) is 5.32. The van der Waals surface area contributed by atoms with Gasteiger partial charge in [0.15, 0.2) is 0 Å². The Morgan fingerprint density at radius 2 is 1.73 bits per heavy atom. The molecular weight excluding hydrogens is 438 g/mol. The Hall–Kier alpha value is -1.77. The van der Waals surface area contributed by atoms with Gasteiger partial charge in [0, 0.05) is 48.7 Å². The van der Waals surface area contributed by atoms with Gasteiger partial charge in [0.1, 0.15) is 5.01 Å². The van der Waals surface area contributed by atoms with Crippen LogP contribution < -0.4 is 0 Å². The molecule has 0 unspecified atom stereocenters. The first-order valence-corrected chi connectivity index (χ1v) is 12.5. The van der Waals surface area contributed by atoms with Crippen molar-refractivity contribution in [2.24, 2.45) is 0 Å². The molecule has 1 fully saturated rings. The van der Waals surface area contributed by atoms with Crippen molar-refractivity contribution < 1.29 is 8.42 Å². The summed E-state index contributed by atoms with van der Waals surface area (Å²) in [5, 5.41) is 3.76. The first-order chi connectivity index (χ1) is 14.3. The molecule has 0 bridgehead atoms. The molecule has 158 valence electrons. The molecule has 2 heterocycles. The number of thiazole rings is 1. The lowest BCUT2D eigenvalue weighted by Crippen LogP contribution is -2.48. The minimum atomic E-state index is -3.46. The highest BCUT2D eigenvalue weighted by atomic mass is 35.5. The molecule has 1 aromatic heterocycles. The number of sulfonamides is 1. The second kappa shape index (κ2) is 8.77. The van der Waals surface area contributed by atoms with Gasteiger partial charge in [-0.3, -0.25) is 4.90 Å². The molecule has 0 atom stereocenters. The van der Waals surface area contributed by atoms with E-state index in [1.165, 1.54) is 0 Å². The van der Waals surface area contributed by atoms with E-state index in [0.29, 0.717) is 36.1 Å². The predicted molar refractivity (Wildman–Crippen MR) is 123 cm³/mol. The fourth-order valence-electron chi connectivity index (χ4n) is 3.59. The SMILES string of the molecule is Cc1ccc(C)c(S(=O)(=O)N2CCN(Cc3csc(-c4ccc(Cl)cc4)n3)CC2)c1. The van der Waals surface area contributed by atoms with Crippen molar-refractivity contribution in [1.82, 2.24) is 14.2 Å². The zero-order valence-electron chi connectivity index (χ0n) is 17.0. The van der Waals surface area contributed by atoms with Gasteiger partial charge in [0.2, 0.25) is 10.0 Å². The highest BCUT2D eigenvalue weighted by Crippen LogP contribution is 2.26. The monoisotopic (exact) mass is 461 g/mol. The summed E-state index contributed by atoms with van der Waals surface area (Å²) in [6.45, 7) is 6.86. The quantitative estimate of drug-likeness (QED) is 0.557. The van der Waals surface area contributed by atoms with Crippen LogP contribution in [0.5, 0.6) is 0 Å². The Labute approximate surface area is 187 Å². The number of rotatable bonds is 5. The lowest BCUT2D eigenvalue weighted by molar-refractivity contribution is 0.180. The van der Waals surface area contributed by atoms with E-state index in [1.54, 1.807) is 21.7 Å². The van der Waals surface area contributed by atoms with Gasteiger partial charge in [0.05, 0.1) is 10.6 Å². The first-order valence-electron chi connectivity index (χ1n) is 9.83. The minimum absolute atomic E-state index is 0.419. The number of hydrogen-bond acceptors (Lipinski definition) is 5. The molecule has 5 nitrogen and oxygen atoms in total. The molecule has 1 saturated heterocycles. The highest BCUT2D eigenvalue weighted by Gasteiger charge is 2.29. The molecular formula is C22H24ClN3O2S2. The zero-order chi connectivity index (χ0) is 21.3. The first kappa shape index (κ1) is 21.5. The van der Waals surface area contributed by atoms with Crippen molar-refractivity contribution in [2.45, 2.75) is 25.3 Å². The van der Waals surface area contributed by atoms with Crippen molar-refractivity contribution in [1.29, 1.82) is 0 Å². The maximum atomic E-state index is 13.1. The van der Waals surface area contributed by atoms with Crippen molar-refractivity contribution in [2.75, 3.05) is 26.2 Å². The second-order valence-electron chi connectivity index (χ2n) is 7.60. The summed E-state index contributed by atoms with van der Waals surface area (Å²) in [5.41, 5.74) is 3.81. The highest BCUT2D eigenvalue weighted by molar-refractivity contribution is 7.89. The van der Waals surface area contributed by atoms with Gasteiger partial charge >= 0.3 is 0 Å². The third kappa shape index (κ3) is 4.60. The molecule has 1 aliphatic rings. The third-order valence-corrected chi connectivity index (χ3v) is 8.55. The average Bonchev–Trinajstić information content (AvgIpc) is 3.19. The maximum Gasteiger partial charge on any atom is 0.243 e. The number of aromatic nitrogens is 1. The Morgan fingerprint density at radius 3 is 2.43 bits per heavy atom. The number of benzene rings is 2. The van der Waals surface area contributed by atoms with Gasteiger partial charge in [0.25, 0.3) is 0 Å². The molecule has 0 amide bonds. The standard InChI is InChI=1S/C22H24ClN3O2S2/c1-16-3-4-17(2)21(13-16)30(27,28)26-11-9-25(10-12-26)14-20-15-29-22(24-20)18-5-7-19(23)8-6-18/h3-8,13,15H,9-12,14H2,1-2H3. The van der Waals surface area contributed by atoms with Gasteiger partial charge in [-0.05, 0) is 43.2 Å². The summed E-state index contributed by atoms with van der Waals surface area (Å²) in [7, 11) is -3.46. The number of halogens is 1. The van der Waals surface area contributed by atoms with Crippen LogP contribution in [0.3, 0.4) is 0 Å². The molecule has 0 spiro atoms. The van der Waals surface area contributed by atoms with Crippen molar-refractivity contribution in [3.8, 4) is 10.6 Å². The molecule has 0 radical (unpaired) electrons. The van der Waals surface area contributed by atoms with Crippen LogP contribution in [0, 0.1) is 13.8 Å². The van der Waals surface area contributed by atoms with Crippen molar-refractivity contribution in [3.05, 3.63) is 69.7 Å². The molecule has 0 saturated carbocycles. The number of hydrogen-bond donors (Lipinski definition) is 0. The van der Waals surface area contributed by atoms with Crippen LogP contribution >= 0.6 is 22.9 Å². The molecule has 30 heavy (non-hydrogen) atoms. The van der Waals surface area contributed by atoms with E-state index in [1.807, 2.05) is 50.2 Å². The molecule has 8 heteroatoms. The largest absolute Gasteiger partial charge is 0.295 e. The molecule has 4 rings (SSSR count). The topological polar surface area (TPSA) is 53.5 Å². The van der Waals surface area contributed by atoms with Crippen LogP contribution in [0.4, 0.5) is 0 Å². The maximum absolute atomic E-state index is 13.1. The van der Waals surface area contributed by atoms with Crippen LogP contribution in [0.15, 0.2) is 52.7 Å². The molecule has 0 N–H and O–H groups in total. The summed E-state index contributed by atoms with van der Waals surface area (Å²) in [4.78, 5) is 7.42. The lowest BCUT2D eigenvalue weighted by Gasteiger charge is -2.33. The summed E-state index contributed by atoms with van der Waals surface area (Å²) in [6, 6.07) is 13.3. The van der Waals surface area contributed by atoms with E-state index in [2.05, 4.69) is 10.3 Å². The number of nitrogens with zero attached hydrogens (tertiary/aromatic N) is 3. The van der Waals surface area contributed by atoms with Crippen molar-refractivity contribution in [3.63, 3.8) is 0 Å². The summed E-state index contributed by atoms with van der Waals surface area (Å²) in [5.74, 6) is 0. The summed E-state index contributed by atoms with van der Waals surface area (Å²) in [6.07, 6.45) is 0. The van der Waals surface area contributed by atoms with E-state index >= 15 is 0 Å². The average molecular weight is 462 g/mol. The van der Waals surface area contributed by atoms with Crippen LogP contribution in [0.25, 0.3) is 10.6 Å². The van der Waals surface area contributed by atoms with Crippen LogP contribution in [0.1, 0.15) is 16.8 Å². The van der Waals surface area contributed by atoms with Gasteiger partial charge in [-0.25, -0.2) is 13.4 Å². The summed E-state index contributed by atoms with van der Waals surface area (Å²) >= 11 is 7.58. The van der Waals surface area contributed by atoms with E-state index in [4.69, 9.17) is 16.6 Å². The van der Waals surface area contributed by atoms with Gasteiger partial charge < -0.3 is 0 Å².